The topological polar surface area (TPSA) is 40.6 Å². The number of piperazine rings is 1. The van der Waals surface area contributed by atoms with E-state index in [1.54, 1.807) is 28.6 Å². The van der Waals surface area contributed by atoms with Crippen molar-refractivity contribution in [3.8, 4) is 0 Å². The molecule has 0 saturated carbocycles. The van der Waals surface area contributed by atoms with Gasteiger partial charge < -0.3 is 0 Å². The highest BCUT2D eigenvalue weighted by atomic mass is 32.2. The van der Waals surface area contributed by atoms with Crippen molar-refractivity contribution in [3.05, 3.63) is 66.2 Å². The van der Waals surface area contributed by atoms with Gasteiger partial charge in [-0.25, -0.2) is 8.42 Å². The van der Waals surface area contributed by atoms with Gasteiger partial charge in [0, 0.05) is 32.2 Å². The van der Waals surface area contributed by atoms with Crippen molar-refractivity contribution in [1.29, 1.82) is 0 Å². The van der Waals surface area contributed by atoms with E-state index in [2.05, 4.69) is 36.1 Å². The average Bonchev–Trinajstić information content (AvgIpc) is 2.63. The van der Waals surface area contributed by atoms with Crippen molar-refractivity contribution in [2.45, 2.75) is 24.3 Å². The van der Waals surface area contributed by atoms with Crippen molar-refractivity contribution in [2.75, 3.05) is 26.2 Å². The standard InChI is InChI=1S/C19H24N2O2S/c1-17(16-18-8-4-2-5-9-18)20-12-14-21(15-13-20)24(22,23)19-10-6-3-7-11-19/h2-11,17H,12-16H2,1H3. The Morgan fingerprint density at radius 1 is 0.875 bits per heavy atom. The quantitative estimate of drug-likeness (QED) is 0.837. The van der Waals surface area contributed by atoms with Gasteiger partial charge in [-0.3, -0.25) is 4.90 Å². The lowest BCUT2D eigenvalue weighted by molar-refractivity contribution is 0.145. The molecule has 3 rings (SSSR count). The number of sulfonamides is 1. The summed E-state index contributed by atoms with van der Waals surface area (Å²) in [6.45, 7) is 4.88. The van der Waals surface area contributed by atoms with Gasteiger partial charge >= 0.3 is 0 Å². The molecule has 1 saturated heterocycles. The SMILES string of the molecule is CC(Cc1ccccc1)N1CCN(S(=O)(=O)c2ccccc2)CC1. The van der Waals surface area contributed by atoms with Crippen LogP contribution in [0.2, 0.25) is 0 Å². The van der Waals surface area contributed by atoms with Crippen LogP contribution >= 0.6 is 0 Å². The van der Waals surface area contributed by atoms with E-state index < -0.39 is 10.0 Å². The normalized spacial score (nSPS) is 18.4. The molecule has 0 aliphatic carbocycles. The largest absolute Gasteiger partial charge is 0.298 e. The molecule has 0 bridgehead atoms. The molecule has 1 atom stereocenters. The zero-order valence-corrected chi connectivity index (χ0v) is 14.8. The first-order valence-corrected chi connectivity index (χ1v) is 9.84. The zero-order chi connectivity index (χ0) is 17.0. The van der Waals surface area contributed by atoms with Gasteiger partial charge in [0.2, 0.25) is 10.0 Å². The van der Waals surface area contributed by atoms with Crippen molar-refractivity contribution in [2.24, 2.45) is 0 Å². The van der Waals surface area contributed by atoms with Gasteiger partial charge in [0.25, 0.3) is 0 Å². The summed E-state index contributed by atoms with van der Waals surface area (Å²) in [5, 5.41) is 0. The van der Waals surface area contributed by atoms with Crippen LogP contribution in [0.15, 0.2) is 65.6 Å². The van der Waals surface area contributed by atoms with Gasteiger partial charge in [-0.2, -0.15) is 4.31 Å². The molecule has 1 aliphatic rings. The zero-order valence-electron chi connectivity index (χ0n) is 14.0. The lowest BCUT2D eigenvalue weighted by atomic mass is 10.1. The molecule has 1 fully saturated rings. The predicted molar refractivity (Wildman–Crippen MR) is 96.4 cm³/mol. The third kappa shape index (κ3) is 3.86. The molecule has 0 N–H and O–H groups in total. The van der Waals surface area contributed by atoms with Crippen LogP contribution < -0.4 is 0 Å². The fourth-order valence-electron chi connectivity index (χ4n) is 3.21. The first-order valence-electron chi connectivity index (χ1n) is 8.40. The maximum absolute atomic E-state index is 12.7. The molecular weight excluding hydrogens is 320 g/mol. The summed E-state index contributed by atoms with van der Waals surface area (Å²) in [4.78, 5) is 2.76. The van der Waals surface area contributed by atoms with Crippen LogP contribution in [0.1, 0.15) is 12.5 Å². The molecule has 1 heterocycles. The summed E-state index contributed by atoms with van der Waals surface area (Å²) in [5.41, 5.74) is 1.32. The van der Waals surface area contributed by atoms with Crippen LogP contribution in [-0.4, -0.2) is 49.8 Å². The molecule has 2 aromatic rings. The van der Waals surface area contributed by atoms with Crippen LogP contribution in [0.5, 0.6) is 0 Å². The van der Waals surface area contributed by atoms with E-state index >= 15 is 0 Å². The smallest absolute Gasteiger partial charge is 0.243 e. The number of hydrogen-bond acceptors (Lipinski definition) is 3. The fraction of sp³-hybridized carbons (Fsp3) is 0.368. The minimum absolute atomic E-state index is 0.385. The summed E-state index contributed by atoms with van der Waals surface area (Å²) >= 11 is 0. The Bertz CT molecular complexity index is 739. The molecule has 24 heavy (non-hydrogen) atoms. The second-order valence-electron chi connectivity index (χ2n) is 6.29. The Balaban J connectivity index is 1.59. The van der Waals surface area contributed by atoms with Crippen molar-refractivity contribution >= 4 is 10.0 Å². The predicted octanol–water partition coefficient (Wildman–Crippen LogP) is 2.62. The maximum atomic E-state index is 12.7. The van der Waals surface area contributed by atoms with Crippen LogP contribution in [0.4, 0.5) is 0 Å². The lowest BCUT2D eigenvalue weighted by Gasteiger charge is -2.37. The molecule has 4 nitrogen and oxygen atoms in total. The Morgan fingerprint density at radius 2 is 1.42 bits per heavy atom. The Hall–Kier alpha value is -1.69. The minimum atomic E-state index is -3.36. The summed E-state index contributed by atoms with van der Waals surface area (Å²) in [5.74, 6) is 0. The van der Waals surface area contributed by atoms with Crippen LogP contribution in [0.25, 0.3) is 0 Å². The highest BCUT2D eigenvalue weighted by Gasteiger charge is 2.29. The molecule has 0 amide bonds. The van der Waals surface area contributed by atoms with E-state index in [0.717, 1.165) is 19.5 Å². The molecule has 5 heteroatoms. The Labute approximate surface area is 144 Å². The molecule has 0 spiro atoms. The van der Waals surface area contributed by atoms with Gasteiger partial charge in [-0.05, 0) is 31.0 Å². The van der Waals surface area contributed by atoms with Gasteiger partial charge in [-0.1, -0.05) is 48.5 Å². The van der Waals surface area contributed by atoms with Crippen LogP contribution in [0, 0.1) is 0 Å². The van der Waals surface area contributed by atoms with E-state index in [1.807, 2.05) is 12.1 Å². The Kier molecular flexibility index (Phi) is 5.33. The van der Waals surface area contributed by atoms with Crippen LogP contribution in [-0.2, 0) is 16.4 Å². The highest BCUT2D eigenvalue weighted by molar-refractivity contribution is 7.89. The highest BCUT2D eigenvalue weighted by Crippen LogP contribution is 2.19. The monoisotopic (exact) mass is 344 g/mol. The van der Waals surface area contributed by atoms with Crippen molar-refractivity contribution in [1.82, 2.24) is 9.21 Å². The van der Waals surface area contributed by atoms with E-state index in [0.29, 0.717) is 24.0 Å². The molecule has 2 aromatic carbocycles. The van der Waals surface area contributed by atoms with Gasteiger partial charge in [0.05, 0.1) is 4.90 Å². The molecule has 0 aromatic heterocycles. The molecule has 0 radical (unpaired) electrons. The maximum Gasteiger partial charge on any atom is 0.243 e. The Morgan fingerprint density at radius 3 is 2.00 bits per heavy atom. The molecule has 1 aliphatic heterocycles. The third-order valence-corrected chi connectivity index (χ3v) is 6.56. The summed E-state index contributed by atoms with van der Waals surface area (Å²) in [6.07, 6.45) is 0.992. The van der Waals surface area contributed by atoms with E-state index in [4.69, 9.17) is 0 Å². The van der Waals surface area contributed by atoms with E-state index in [9.17, 15) is 8.42 Å². The number of nitrogens with zero attached hydrogens (tertiary/aromatic N) is 2. The first-order chi connectivity index (χ1) is 11.6. The number of rotatable bonds is 5. The van der Waals surface area contributed by atoms with Gasteiger partial charge in [0.1, 0.15) is 0 Å². The molecular formula is C19H24N2O2S. The fourth-order valence-corrected chi connectivity index (χ4v) is 4.65. The molecule has 128 valence electrons. The van der Waals surface area contributed by atoms with Crippen molar-refractivity contribution in [3.63, 3.8) is 0 Å². The van der Waals surface area contributed by atoms with Gasteiger partial charge in [0.15, 0.2) is 0 Å². The number of hydrogen-bond donors (Lipinski definition) is 0. The second-order valence-corrected chi connectivity index (χ2v) is 8.23. The summed E-state index contributed by atoms with van der Waals surface area (Å²) in [6, 6.07) is 19.6. The van der Waals surface area contributed by atoms with Crippen LogP contribution in [0.3, 0.4) is 0 Å². The van der Waals surface area contributed by atoms with Gasteiger partial charge in [-0.15, -0.1) is 0 Å². The van der Waals surface area contributed by atoms with E-state index in [-0.39, 0.29) is 0 Å². The van der Waals surface area contributed by atoms with E-state index in [1.165, 1.54) is 5.56 Å². The first kappa shape index (κ1) is 17.1. The second kappa shape index (κ2) is 7.47. The lowest BCUT2D eigenvalue weighted by Crippen LogP contribution is -2.51. The summed E-state index contributed by atoms with van der Waals surface area (Å²) < 4.78 is 26.9. The molecule has 1 unspecified atom stereocenters. The van der Waals surface area contributed by atoms with Crippen molar-refractivity contribution < 1.29 is 8.42 Å². The average molecular weight is 344 g/mol. The third-order valence-electron chi connectivity index (χ3n) is 4.65. The minimum Gasteiger partial charge on any atom is -0.298 e. The number of benzene rings is 2. The summed E-state index contributed by atoms with van der Waals surface area (Å²) in [7, 11) is -3.36.